The van der Waals surface area contributed by atoms with Crippen LogP contribution in [0.3, 0.4) is 0 Å². The van der Waals surface area contributed by atoms with Crippen molar-refractivity contribution in [2.45, 2.75) is 20.8 Å². The van der Waals surface area contributed by atoms with Crippen LogP contribution in [0.2, 0.25) is 5.15 Å². The first-order chi connectivity index (χ1) is 7.88. The molecule has 1 heterocycles. The lowest BCUT2D eigenvalue weighted by atomic mass is 10.2. The quantitative estimate of drug-likeness (QED) is 0.512. The Bertz CT molecular complexity index is 464. The molecule has 0 bridgehead atoms. The van der Waals surface area contributed by atoms with Crippen LogP contribution in [0.25, 0.3) is 0 Å². The lowest BCUT2D eigenvalue weighted by molar-refractivity contribution is 0.0588. The van der Waals surface area contributed by atoms with E-state index in [4.69, 9.17) is 17.3 Å². The molecule has 0 aliphatic carbocycles. The third-order valence-corrected chi connectivity index (χ3v) is 2.58. The number of rotatable bonds is 3. The Labute approximate surface area is 105 Å². The van der Waals surface area contributed by atoms with E-state index in [1.54, 1.807) is 13.0 Å². The van der Waals surface area contributed by atoms with Gasteiger partial charge in [-0.3, -0.25) is 0 Å². The predicted octanol–water partition coefficient (Wildman–Crippen LogP) is 2.01. The molecule has 1 rings (SSSR count). The second-order valence-corrected chi connectivity index (χ2v) is 4.37. The monoisotopic (exact) mass is 257 g/mol. The van der Waals surface area contributed by atoms with Gasteiger partial charge in [0.05, 0.1) is 7.11 Å². The molecule has 0 aromatic carbocycles. The lowest BCUT2D eigenvalue weighted by Gasteiger charge is -2.08. The number of esters is 1. The highest BCUT2D eigenvalue weighted by Crippen LogP contribution is 2.21. The highest BCUT2D eigenvalue weighted by atomic mass is 35.5. The third kappa shape index (κ3) is 2.79. The second-order valence-electron chi connectivity index (χ2n) is 3.98. The first-order valence-electron chi connectivity index (χ1n) is 5.19. The SMILES string of the molecule is COC(=O)c1c(C)cc(Cl)n1N=C(N)C(C)C. The number of aryl methyl sites for hydroxylation is 1. The van der Waals surface area contributed by atoms with Gasteiger partial charge in [0.15, 0.2) is 5.69 Å². The maximum atomic E-state index is 11.6. The summed E-state index contributed by atoms with van der Waals surface area (Å²) in [7, 11) is 1.31. The summed E-state index contributed by atoms with van der Waals surface area (Å²) < 4.78 is 5.99. The molecule has 94 valence electrons. The number of nitrogens with two attached hydrogens (primary N) is 1. The Hall–Kier alpha value is -1.49. The summed E-state index contributed by atoms with van der Waals surface area (Å²) in [6.45, 7) is 5.57. The molecule has 0 spiro atoms. The van der Waals surface area contributed by atoms with Gasteiger partial charge in [-0.2, -0.15) is 5.10 Å². The van der Waals surface area contributed by atoms with Gasteiger partial charge in [0, 0.05) is 5.92 Å². The molecule has 0 aliphatic heterocycles. The van der Waals surface area contributed by atoms with Crippen molar-refractivity contribution in [1.82, 2.24) is 4.68 Å². The third-order valence-electron chi connectivity index (χ3n) is 2.31. The summed E-state index contributed by atoms with van der Waals surface area (Å²) in [5.74, 6) is -0.0263. The zero-order valence-electron chi connectivity index (χ0n) is 10.3. The second kappa shape index (κ2) is 5.23. The largest absolute Gasteiger partial charge is 0.464 e. The molecule has 6 heteroatoms. The minimum absolute atomic E-state index is 0.0688. The standard InChI is InChI=1S/C11H16ClN3O2/c1-6(2)10(13)14-15-8(12)5-7(3)9(15)11(16)17-4/h5-6H,1-4H3,(H2,13,14). The van der Waals surface area contributed by atoms with E-state index in [0.29, 0.717) is 22.2 Å². The summed E-state index contributed by atoms with van der Waals surface area (Å²) in [5, 5.41) is 4.45. The highest BCUT2D eigenvalue weighted by molar-refractivity contribution is 6.30. The number of aromatic nitrogens is 1. The molecule has 0 unspecified atom stereocenters. The van der Waals surface area contributed by atoms with E-state index in [9.17, 15) is 4.79 Å². The fourth-order valence-electron chi connectivity index (χ4n) is 1.25. The zero-order chi connectivity index (χ0) is 13.2. The summed E-state index contributed by atoms with van der Waals surface area (Å²) in [5.41, 5.74) is 6.74. The van der Waals surface area contributed by atoms with E-state index in [1.807, 2.05) is 13.8 Å². The van der Waals surface area contributed by atoms with Crippen molar-refractivity contribution in [3.8, 4) is 0 Å². The van der Waals surface area contributed by atoms with Gasteiger partial charge in [-0.15, -0.1) is 0 Å². The molecule has 1 aromatic rings. The first-order valence-corrected chi connectivity index (χ1v) is 5.56. The molecular weight excluding hydrogens is 242 g/mol. The minimum Gasteiger partial charge on any atom is -0.464 e. The van der Waals surface area contributed by atoms with Crippen LogP contribution >= 0.6 is 11.6 Å². The molecule has 0 fully saturated rings. The van der Waals surface area contributed by atoms with E-state index < -0.39 is 5.97 Å². The molecule has 5 nitrogen and oxygen atoms in total. The first kappa shape index (κ1) is 13.6. The predicted molar refractivity (Wildman–Crippen MR) is 67.4 cm³/mol. The van der Waals surface area contributed by atoms with Crippen LogP contribution in [0.4, 0.5) is 0 Å². The van der Waals surface area contributed by atoms with E-state index in [-0.39, 0.29) is 5.92 Å². The number of carbonyl (C=O) groups is 1. The van der Waals surface area contributed by atoms with Gasteiger partial charge < -0.3 is 10.5 Å². The maximum Gasteiger partial charge on any atom is 0.357 e. The van der Waals surface area contributed by atoms with E-state index in [0.717, 1.165) is 0 Å². The highest BCUT2D eigenvalue weighted by Gasteiger charge is 2.19. The molecular formula is C11H16ClN3O2. The maximum absolute atomic E-state index is 11.6. The van der Waals surface area contributed by atoms with Gasteiger partial charge in [0.2, 0.25) is 0 Å². The van der Waals surface area contributed by atoms with Crippen molar-refractivity contribution in [2.24, 2.45) is 16.8 Å². The summed E-state index contributed by atoms with van der Waals surface area (Å²) in [6, 6.07) is 1.64. The molecule has 2 N–H and O–H groups in total. The van der Waals surface area contributed by atoms with Crippen molar-refractivity contribution < 1.29 is 9.53 Å². The number of hydrogen-bond donors (Lipinski definition) is 1. The number of hydrogen-bond acceptors (Lipinski definition) is 3. The van der Waals surface area contributed by atoms with Crippen LogP contribution in [0, 0.1) is 12.8 Å². The Morgan fingerprint density at radius 1 is 1.59 bits per heavy atom. The molecule has 0 aliphatic rings. The average molecular weight is 258 g/mol. The minimum atomic E-state index is -0.491. The summed E-state index contributed by atoms with van der Waals surface area (Å²) in [4.78, 5) is 11.6. The topological polar surface area (TPSA) is 69.6 Å². The number of halogens is 1. The smallest absolute Gasteiger partial charge is 0.357 e. The van der Waals surface area contributed by atoms with Crippen LogP contribution in [-0.2, 0) is 4.74 Å². The molecule has 0 atom stereocenters. The van der Waals surface area contributed by atoms with Crippen LogP contribution in [-0.4, -0.2) is 23.6 Å². The van der Waals surface area contributed by atoms with Gasteiger partial charge in [-0.1, -0.05) is 25.4 Å². The van der Waals surface area contributed by atoms with Gasteiger partial charge in [-0.25, -0.2) is 9.47 Å². The Morgan fingerprint density at radius 2 is 2.18 bits per heavy atom. The molecule has 0 radical (unpaired) electrons. The van der Waals surface area contributed by atoms with E-state index in [2.05, 4.69) is 9.84 Å². The van der Waals surface area contributed by atoms with Gasteiger partial charge in [0.1, 0.15) is 11.0 Å². The normalized spacial score (nSPS) is 12.0. The van der Waals surface area contributed by atoms with E-state index >= 15 is 0 Å². The summed E-state index contributed by atoms with van der Waals surface area (Å²) in [6.07, 6.45) is 0. The van der Waals surface area contributed by atoms with Crippen molar-refractivity contribution >= 4 is 23.4 Å². The van der Waals surface area contributed by atoms with Crippen molar-refractivity contribution in [1.29, 1.82) is 0 Å². The molecule has 1 aromatic heterocycles. The van der Waals surface area contributed by atoms with Crippen molar-refractivity contribution in [3.05, 3.63) is 22.5 Å². The van der Waals surface area contributed by atoms with Crippen LogP contribution < -0.4 is 5.73 Å². The number of amidine groups is 1. The fraction of sp³-hybridized carbons (Fsp3) is 0.455. The Balaban J connectivity index is 3.33. The van der Waals surface area contributed by atoms with Gasteiger partial charge in [0.25, 0.3) is 0 Å². The number of ether oxygens (including phenoxy) is 1. The fourth-order valence-corrected chi connectivity index (χ4v) is 1.54. The van der Waals surface area contributed by atoms with Crippen LogP contribution in [0.15, 0.2) is 11.2 Å². The zero-order valence-corrected chi connectivity index (χ0v) is 11.1. The molecule has 0 amide bonds. The van der Waals surface area contributed by atoms with Crippen molar-refractivity contribution in [2.75, 3.05) is 7.11 Å². The Kier molecular flexibility index (Phi) is 4.17. The Morgan fingerprint density at radius 3 is 2.65 bits per heavy atom. The molecule has 17 heavy (non-hydrogen) atoms. The lowest BCUT2D eigenvalue weighted by Crippen LogP contribution is -2.21. The molecule has 0 saturated heterocycles. The summed E-state index contributed by atoms with van der Waals surface area (Å²) >= 11 is 5.99. The average Bonchev–Trinajstić information content (AvgIpc) is 2.53. The van der Waals surface area contributed by atoms with Gasteiger partial charge in [-0.05, 0) is 18.6 Å². The van der Waals surface area contributed by atoms with Crippen LogP contribution in [0.5, 0.6) is 0 Å². The number of carbonyl (C=O) groups excluding carboxylic acids is 1. The van der Waals surface area contributed by atoms with E-state index in [1.165, 1.54) is 11.8 Å². The molecule has 0 saturated carbocycles. The van der Waals surface area contributed by atoms with Crippen molar-refractivity contribution in [3.63, 3.8) is 0 Å². The van der Waals surface area contributed by atoms with Gasteiger partial charge >= 0.3 is 5.97 Å². The number of methoxy groups -OCH3 is 1. The number of nitrogens with zero attached hydrogens (tertiary/aromatic N) is 2. The van der Waals surface area contributed by atoms with Crippen LogP contribution in [0.1, 0.15) is 29.9 Å².